The Morgan fingerprint density at radius 1 is 1.18 bits per heavy atom. The first kappa shape index (κ1) is 28.6. The van der Waals surface area contributed by atoms with Gasteiger partial charge in [-0.25, -0.2) is 8.78 Å². The van der Waals surface area contributed by atoms with Gasteiger partial charge in [-0.3, -0.25) is 14.4 Å². The van der Waals surface area contributed by atoms with E-state index in [9.17, 15) is 23.2 Å². The van der Waals surface area contributed by atoms with E-state index in [2.05, 4.69) is 5.32 Å². The van der Waals surface area contributed by atoms with Gasteiger partial charge in [-0.15, -0.1) is 0 Å². The second kappa shape index (κ2) is 11.4. The summed E-state index contributed by atoms with van der Waals surface area (Å²) in [5.74, 6) is -3.39. The minimum absolute atomic E-state index is 0.0838. The quantitative estimate of drug-likeness (QED) is 0.534. The molecule has 2 fully saturated rings. The molecule has 8 nitrogen and oxygen atoms in total. The Morgan fingerprint density at radius 2 is 1.90 bits per heavy atom. The molecule has 10 heteroatoms. The maximum atomic E-state index is 14.1. The van der Waals surface area contributed by atoms with Crippen LogP contribution in [0.4, 0.5) is 8.78 Å². The molecule has 210 valence electrons. The van der Waals surface area contributed by atoms with Crippen molar-refractivity contribution in [3.8, 4) is 0 Å². The Kier molecular flexibility index (Phi) is 8.37. The predicted octanol–water partition coefficient (Wildman–Crippen LogP) is 2.57. The minimum atomic E-state index is -1.22. The summed E-state index contributed by atoms with van der Waals surface area (Å²) in [5, 5.41) is 2.73. The minimum Gasteiger partial charge on any atom is -0.374 e. The van der Waals surface area contributed by atoms with Crippen molar-refractivity contribution >= 4 is 17.7 Å². The fraction of sp³-hybridized carbons (Fsp3) is 0.483. The summed E-state index contributed by atoms with van der Waals surface area (Å²) in [6.45, 7) is 4.06. The van der Waals surface area contributed by atoms with E-state index >= 15 is 0 Å². The summed E-state index contributed by atoms with van der Waals surface area (Å²) in [5.41, 5.74) is 5.20. The van der Waals surface area contributed by atoms with Gasteiger partial charge in [-0.1, -0.05) is 36.4 Å². The number of carbonyl (C=O) groups is 3. The number of likely N-dealkylation sites (tertiary alicyclic amines) is 2. The summed E-state index contributed by atoms with van der Waals surface area (Å²) in [7, 11) is 1.68. The highest BCUT2D eigenvalue weighted by molar-refractivity contribution is 5.92. The number of nitrogens with two attached hydrogens (primary N) is 1. The van der Waals surface area contributed by atoms with Crippen LogP contribution >= 0.6 is 0 Å². The van der Waals surface area contributed by atoms with Crippen LogP contribution in [0.5, 0.6) is 0 Å². The molecule has 2 aromatic rings. The molecule has 2 aliphatic rings. The van der Waals surface area contributed by atoms with Gasteiger partial charge >= 0.3 is 0 Å². The molecular formula is C29H36F2N4O4. The zero-order chi connectivity index (χ0) is 28.4. The molecule has 0 bridgehead atoms. The van der Waals surface area contributed by atoms with Crippen molar-refractivity contribution in [1.82, 2.24) is 15.1 Å². The predicted molar refractivity (Wildman–Crippen MR) is 141 cm³/mol. The Balaban J connectivity index is 1.56. The lowest BCUT2D eigenvalue weighted by molar-refractivity contribution is -0.147. The van der Waals surface area contributed by atoms with E-state index in [1.54, 1.807) is 30.7 Å². The molecule has 0 aromatic heterocycles. The number of amides is 3. The lowest BCUT2D eigenvalue weighted by Crippen LogP contribution is -2.60. The molecule has 0 aliphatic carbocycles. The maximum Gasteiger partial charge on any atom is 0.247 e. The van der Waals surface area contributed by atoms with E-state index in [1.165, 1.54) is 6.07 Å². The average Bonchev–Trinajstić information content (AvgIpc) is 3.14. The van der Waals surface area contributed by atoms with Crippen LogP contribution in [0.15, 0.2) is 48.5 Å². The first-order valence-electron chi connectivity index (χ1n) is 13.1. The number of nitrogens with zero attached hydrogens (tertiary/aromatic N) is 2. The average molecular weight is 543 g/mol. The molecule has 2 aromatic carbocycles. The van der Waals surface area contributed by atoms with E-state index in [0.717, 1.165) is 17.7 Å². The number of likely N-dealkylation sites (N-methyl/N-ethyl adjacent to an activating group) is 1. The van der Waals surface area contributed by atoms with E-state index in [0.29, 0.717) is 31.5 Å². The maximum absolute atomic E-state index is 14.1. The second-order valence-electron chi connectivity index (χ2n) is 11.2. The normalized spacial score (nSPS) is 22.3. The van der Waals surface area contributed by atoms with Crippen LogP contribution in [0.2, 0.25) is 0 Å². The lowest BCUT2D eigenvalue weighted by Gasteiger charge is -2.43. The van der Waals surface area contributed by atoms with Crippen molar-refractivity contribution in [1.29, 1.82) is 0 Å². The molecule has 0 radical (unpaired) electrons. The van der Waals surface area contributed by atoms with Gasteiger partial charge in [-0.2, -0.15) is 0 Å². The van der Waals surface area contributed by atoms with Crippen molar-refractivity contribution in [2.75, 3.05) is 33.3 Å². The number of halogens is 2. The largest absolute Gasteiger partial charge is 0.374 e. The van der Waals surface area contributed by atoms with Gasteiger partial charge in [-0.05, 0) is 49.9 Å². The SMILES string of the molecule is CN1CC(c2ccc(F)c(F)c2)C2(CCCN(C(=O)[C@@H](COCc3ccccc3)NC(=O)C(C)(C)N)C2)C1=O. The van der Waals surface area contributed by atoms with Crippen LogP contribution in [-0.2, 0) is 25.7 Å². The Bertz CT molecular complexity index is 1220. The molecule has 4 rings (SSSR count). The van der Waals surface area contributed by atoms with Crippen LogP contribution in [0.25, 0.3) is 0 Å². The van der Waals surface area contributed by atoms with Gasteiger partial charge in [0.25, 0.3) is 0 Å². The monoisotopic (exact) mass is 542 g/mol. The molecule has 1 spiro atoms. The van der Waals surface area contributed by atoms with Gasteiger partial charge < -0.3 is 25.6 Å². The summed E-state index contributed by atoms with van der Waals surface area (Å²) < 4.78 is 33.6. The molecule has 2 unspecified atom stereocenters. The molecule has 2 heterocycles. The molecule has 3 atom stereocenters. The van der Waals surface area contributed by atoms with Crippen LogP contribution in [0, 0.1) is 17.0 Å². The highest BCUT2D eigenvalue weighted by Crippen LogP contribution is 2.49. The van der Waals surface area contributed by atoms with Gasteiger partial charge in [0.05, 0.1) is 24.2 Å². The van der Waals surface area contributed by atoms with E-state index in [-0.39, 0.29) is 31.6 Å². The second-order valence-corrected chi connectivity index (χ2v) is 11.2. The third kappa shape index (κ3) is 6.12. The Morgan fingerprint density at radius 3 is 2.56 bits per heavy atom. The standard InChI is InChI=1S/C29H36F2N4O4/c1-28(2,32)26(37)33-24(17-39-16-19-8-5-4-6-9-19)25(36)35-13-7-12-29(18-35)21(15-34(3)27(29)38)20-10-11-22(30)23(31)14-20/h4-6,8-11,14,21,24H,7,12-13,15-18,32H2,1-3H3,(H,33,37)/t21?,24-,29?/m1/s1. The fourth-order valence-corrected chi connectivity index (χ4v) is 5.55. The first-order chi connectivity index (χ1) is 18.4. The zero-order valence-corrected chi connectivity index (χ0v) is 22.6. The van der Waals surface area contributed by atoms with Crippen molar-refractivity contribution in [2.24, 2.45) is 11.1 Å². The van der Waals surface area contributed by atoms with Crippen molar-refractivity contribution < 1.29 is 27.9 Å². The number of benzene rings is 2. The topological polar surface area (TPSA) is 105 Å². The number of carbonyl (C=O) groups excluding carboxylic acids is 3. The summed E-state index contributed by atoms with van der Waals surface area (Å²) in [4.78, 5) is 43.2. The van der Waals surface area contributed by atoms with Gasteiger partial charge in [0.2, 0.25) is 17.7 Å². The van der Waals surface area contributed by atoms with E-state index in [1.807, 2.05) is 30.3 Å². The zero-order valence-electron chi connectivity index (χ0n) is 22.6. The highest BCUT2D eigenvalue weighted by atomic mass is 19.2. The molecular weight excluding hydrogens is 506 g/mol. The number of hydrogen-bond acceptors (Lipinski definition) is 5. The molecule has 3 N–H and O–H groups in total. The van der Waals surface area contributed by atoms with Crippen molar-refractivity contribution in [2.45, 2.75) is 50.8 Å². The number of ether oxygens (including phenoxy) is 1. The number of piperidine rings is 1. The lowest BCUT2D eigenvalue weighted by atomic mass is 9.69. The fourth-order valence-electron chi connectivity index (χ4n) is 5.55. The van der Waals surface area contributed by atoms with Crippen LogP contribution in [0.3, 0.4) is 0 Å². The van der Waals surface area contributed by atoms with Gasteiger partial charge in [0.15, 0.2) is 11.6 Å². The van der Waals surface area contributed by atoms with E-state index in [4.69, 9.17) is 10.5 Å². The number of nitrogens with one attached hydrogen (secondary N) is 1. The Hall–Kier alpha value is -3.37. The van der Waals surface area contributed by atoms with Crippen LogP contribution in [0.1, 0.15) is 43.7 Å². The van der Waals surface area contributed by atoms with Crippen LogP contribution < -0.4 is 11.1 Å². The molecule has 2 saturated heterocycles. The molecule has 3 amide bonds. The number of hydrogen-bond donors (Lipinski definition) is 2. The first-order valence-corrected chi connectivity index (χ1v) is 13.1. The third-order valence-corrected chi connectivity index (χ3v) is 7.66. The number of rotatable bonds is 8. The van der Waals surface area contributed by atoms with E-state index < -0.39 is 40.5 Å². The van der Waals surface area contributed by atoms with Gasteiger partial charge in [0, 0.05) is 32.6 Å². The summed E-state index contributed by atoms with van der Waals surface area (Å²) >= 11 is 0. The molecule has 2 aliphatic heterocycles. The van der Waals surface area contributed by atoms with Crippen molar-refractivity contribution in [3.05, 3.63) is 71.3 Å². The van der Waals surface area contributed by atoms with Crippen LogP contribution in [-0.4, -0.2) is 72.4 Å². The third-order valence-electron chi connectivity index (χ3n) is 7.66. The van der Waals surface area contributed by atoms with Gasteiger partial charge in [0.1, 0.15) is 6.04 Å². The Labute approximate surface area is 227 Å². The summed E-state index contributed by atoms with van der Waals surface area (Å²) in [6.07, 6.45) is 1.04. The molecule has 39 heavy (non-hydrogen) atoms. The van der Waals surface area contributed by atoms with Crippen molar-refractivity contribution in [3.63, 3.8) is 0 Å². The molecule has 0 saturated carbocycles. The highest BCUT2D eigenvalue weighted by Gasteiger charge is 2.56. The summed E-state index contributed by atoms with van der Waals surface area (Å²) in [6, 6.07) is 12.1. The smallest absolute Gasteiger partial charge is 0.247 e.